The molecule has 4 rings (SSSR count). The molecule has 26 heavy (non-hydrogen) atoms. The van der Waals surface area contributed by atoms with Gasteiger partial charge in [-0.15, -0.1) is 0 Å². The molecule has 0 bridgehead atoms. The van der Waals surface area contributed by atoms with Crippen molar-refractivity contribution < 1.29 is 14.6 Å². The second-order valence-electron chi connectivity index (χ2n) is 8.07. The van der Waals surface area contributed by atoms with Gasteiger partial charge in [-0.25, -0.2) is 4.39 Å². The van der Waals surface area contributed by atoms with Crippen molar-refractivity contribution in [2.45, 2.75) is 31.0 Å². The van der Waals surface area contributed by atoms with Gasteiger partial charge in [-0.1, -0.05) is 42.5 Å². The van der Waals surface area contributed by atoms with Gasteiger partial charge in [0.1, 0.15) is 11.4 Å². The molecule has 1 saturated heterocycles. The van der Waals surface area contributed by atoms with Gasteiger partial charge in [-0.3, -0.25) is 4.90 Å². The molecule has 1 aliphatic heterocycles. The number of fused-ring (bicyclic) bond motifs is 1. The Morgan fingerprint density at radius 1 is 1.00 bits per heavy atom. The normalized spacial score (nSPS) is 29.6. The quantitative estimate of drug-likeness (QED) is 0.859. The zero-order valence-corrected chi connectivity index (χ0v) is 14.9. The maximum absolute atomic E-state index is 15.3. The minimum absolute atomic E-state index is 0.203. The van der Waals surface area contributed by atoms with E-state index < -0.39 is 11.8 Å². The molecule has 2 N–H and O–H groups in total. The number of halogens is 1. The first-order chi connectivity index (χ1) is 12.5. The molecule has 1 aliphatic carbocycles. The van der Waals surface area contributed by atoms with Crippen LogP contribution in [-0.4, -0.2) is 40.4 Å². The molecule has 3 nitrogen and oxygen atoms in total. The molecule has 2 aliphatic rings. The summed E-state index contributed by atoms with van der Waals surface area (Å²) in [7, 11) is 0. The smallest absolute Gasteiger partial charge is 0.115 e. The molecule has 1 heterocycles. The Labute approximate surface area is 154 Å². The van der Waals surface area contributed by atoms with Crippen molar-refractivity contribution in [1.82, 2.24) is 4.90 Å². The van der Waals surface area contributed by atoms with E-state index in [0.29, 0.717) is 37.6 Å². The first-order valence-corrected chi connectivity index (χ1v) is 9.43. The number of β-amino-alcohol motifs (C(OH)–C–C–N with tert-alkyl or cyclic N) is 1. The molecule has 2 fully saturated rings. The summed E-state index contributed by atoms with van der Waals surface area (Å²) in [4.78, 5) is 2.26. The number of phenols is 1. The van der Waals surface area contributed by atoms with Crippen LogP contribution in [0.15, 0.2) is 54.6 Å². The molecular formula is C22H26FNO2. The van der Waals surface area contributed by atoms with Gasteiger partial charge in [0.05, 0.1) is 6.10 Å². The number of nitrogens with zero attached hydrogens (tertiary/aromatic N) is 1. The third kappa shape index (κ3) is 3.76. The Bertz CT molecular complexity index is 720. The van der Waals surface area contributed by atoms with Gasteiger partial charge in [0, 0.05) is 26.1 Å². The van der Waals surface area contributed by atoms with Gasteiger partial charge in [-0.2, -0.15) is 0 Å². The minimum Gasteiger partial charge on any atom is -0.508 e. The first-order valence-electron chi connectivity index (χ1n) is 9.43. The van der Waals surface area contributed by atoms with Crippen LogP contribution in [0.5, 0.6) is 5.75 Å². The van der Waals surface area contributed by atoms with Gasteiger partial charge in [0.15, 0.2) is 0 Å². The number of rotatable bonds is 5. The van der Waals surface area contributed by atoms with Crippen LogP contribution in [0, 0.1) is 11.8 Å². The molecule has 2 aromatic rings. The van der Waals surface area contributed by atoms with E-state index in [-0.39, 0.29) is 5.75 Å². The fourth-order valence-electron chi connectivity index (χ4n) is 4.82. The molecule has 0 unspecified atom stereocenters. The zero-order valence-electron chi connectivity index (χ0n) is 14.9. The molecule has 2 aromatic carbocycles. The number of likely N-dealkylation sites (tertiary alicyclic amines) is 1. The lowest BCUT2D eigenvalue weighted by molar-refractivity contribution is 0.108. The van der Waals surface area contributed by atoms with Crippen LogP contribution in [0.25, 0.3) is 0 Å². The summed E-state index contributed by atoms with van der Waals surface area (Å²) in [5.41, 5.74) is 0.802. The van der Waals surface area contributed by atoms with E-state index in [4.69, 9.17) is 0 Å². The van der Waals surface area contributed by atoms with Gasteiger partial charge in [0.2, 0.25) is 0 Å². The number of phenolic OH excluding ortho intramolecular Hbond substituents is 1. The molecule has 0 amide bonds. The predicted molar refractivity (Wildman–Crippen MR) is 99.7 cm³/mol. The van der Waals surface area contributed by atoms with Gasteiger partial charge in [0.25, 0.3) is 0 Å². The number of aromatic hydroxyl groups is 1. The topological polar surface area (TPSA) is 43.7 Å². The molecule has 0 spiro atoms. The summed E-state index contributed by atoms with van der Waals surface area (Å²) < 4.78 is 15.3. The number of benzene rings is 2. The molecule has 0 radical (unpaired) electrons. The van der Waals surface area contributed by atoms with Crippen molar-refractivity contribution in [2.24, 2.45) is 11.8 Å². The predicted octanol–water partition coefficient (Wildman–Crippen LogP) is 3.72. The Morgan fingerprint density at radius 3 is 2.23 bits per heavy atom. The van der Waals surface area contributed by atoms with Crippen LogP contribution < -0.4 is 0 Å². The summed E-state index contributed by atoms with van der Waals surface area (Å²) in [6, 6.07) is 16.6. The maximum atomic E-state index is 15.3. The zero-order chi connectivity index (χ0) is 18.1. The monoisotopic (exact) mass is 355 g/mol. The van der Waals surface area contributed by atoms with Crippen LogP contribution >= 0.6 is 0 Å². The lowest BCUT2D eigenvalue weighted by Crippen LogP contribution is -2.31. The van der Waals surface area contributed by atoms with Crippen molar-refractivity contribution in [3.05, 3.63) is 65.7 Å². The highest BCUT2D eigenvalue weighted by Gasteiger charge is 2.49. The maximum Gasteiger partial charge on any atom is 0.115 e. The third-order valence-electron chi connectivity index (χ3n) is 5.98. The Morgan fingerprint density at radius 2 is 1.62 bits per heavy atom. The van der Waals surface area contributed by atoms with Gasteiger partial charge in [-0.05, 0) is 47.9 Å². The summed E-state index contributed by atoms with van der Waals surface area (Å²) in [5.74, 6) is 0.973. The largest absolute Gasteiger partial charge is 0.508 e. The van der Waals surface area contributed by atoms with Crippen molar-refractivity contribution in [3.63, 3.8) is 0 Å². The number of alkyl halides is 1. The Hall–Kier alpha value is -1.91. The number of hydrogen-bond donors (Lipinski definition) is 2. The highest BCUT2D eigenvalue weighted by Crippen LogP contribution is 2.47. The highest BCUT2D eigenvalue weighted by molar-refractivity contribution is 5.27. The van der Waals surface area contributed by atoms with Gasteiger partial charge >= 0.3 is 0 Å². The summed E-state index contributed by atoms with van der Waals surface area (Å²) in [6.07, 6.45) is 1.18. The SMILES string of the molecule is Oc1ccc([C@H](O)CN2C[C@@H]3C[C@@](F)(Cc4ccccc4)C[C@@H]3C2)cc1. The summed E-state index contributed by atoms with van der Waals surface area (Å²) >= 11 is 0. The van der Waals surface area contributed by atoms with Crippen molar-refractivity contribution in [3.8, 4) is 5.75 Å². The molecule has 0 aromatic heterocycles. The van der Waals surface area contributed by atoms with Gasteiger partial charge < -0.3 is 10.2 Å². The number of aliphatic hydroxyl groups is 1. The van der Waals surface area contributed by atoms with Crippen LogP contribution in [0.2, 0.25) is 0 Å². The molecule has 4 atom stereocenters. The average molecular weight is 355 g/mol. The minimum atomic E-state index is -1.08. The average Bonchev–Trinajstić information content (AvgIpc) is 3.10. The van der Waals surface area contributed by atoms with Crippen LogP contribution in [0.1, 0.15) is 30.1 Å². The molecular weight excluding hydrogens is 329 g/mol. The molecule has 138 valence electrons. The summed E-state index contributed by atoms with van der Waals surface area (Å²) in [6.45, 7) is 2.29. The fourth-order valence-corrected chi connectivity index (χ4v) is 4.82. The number of aliphatic hydroxyl groups excluding tert-OH is 1. The van der Waals surface area contributed by atoms with Crippen LogP contribution in [-0.2, 0) is 6.42 Å². The van der Waals surface area contributed by atoms with Crippen molar-refractivity contribution in [1.29, 1.82) is 0 Å². The van der Waals surface area contributed by atoms with E-state index in [1.54, 1.807) is 24.3 Å². The van der Waals surface area contributed by atoms with E-state index >= 15 is 4.39 Å². The molecule has 4 heteroatoms. The van der Waals surface area contributed by atoms with Crippen LogP contribution in [0.3, 0.4) is 0 Å². The number of hydrogen-bond acceptors (Lipinski definition) is 3. The lowest BCUT2D eigenvalue weighted by atomic mass is 9.93. The standard InChI is InChI=1S/C22H26FNO2/c23-22(10-16-4-2-1-3-5-16)11-18-13-24(14-19(18)12-22)15-21(26)17-6-8-20(25)9-7-17/h1-9,18-19,21,25-26H,10-15H2/t18-,19+,21-,22-/m1/s1. The highest BCUT2D eigenvalue weighted by atomic mass is 19.1. The van der Waals surface area contributed by atoms with E-state index in [9.17, 15) is 10.2 Å². The second-order valence-corrected chi connectivity index (χ2v) is 8.07. The Balaban J connectivity index is 1.32. The summed E-state index contributed by atoms with van der Waals surface area (Å²) in [5, 5.41) is 19.8. The third-order valence-corrected chi connectivity index (χ3v) is 5.98. The van der Waals surface area contributed by atoms with Crippen molar-refractivity contribution >= 4 is 0 Å². The van der Waals surface area contributed by atoms with Crippen molar-refractivity contribution in [2.75, 3.05) is 19.6 Å². The second kappa shape index (κ2) is 7.01. The van der Waals surface area contributed by atoms with E-state index in [1.165, 1.54) is 0 Å². The van der Waals surface area contributed by atoms with Crippen LogP contribution in [0.4, 0.5) is 4.39 Å². The Kier molecular flexibility index (Phi) is 4.72. The fraction of sp³-hybridized carbons (Fsp3) is 0.455. The van der Waals surface area contributed by atoms with E-state index in [0.717, 1.165) is 24.2 Å². The molecule has 1 saturated carbocycles. The lowest BCUT2D eigenvalue weighted by Gasteiger charge is -2.25. The first kappa shape index (κ1) is 17.5. The van der Waals surface area contributed by atoms with E-state index in [1.807, 2.05) is 30.3 Å². The van der Waals surface area contributed by atoms with E-state index in [2.05, 4.69) is 4.90 Å².